The summed E-state index contributed by atoms with van der Waals surface area (Å²) in [5.74, 6) is -1.16. The van der Waals surface area contributed by atoms with Crippen LogP contribution in [0.4, 0.5) is 0 Å². The second kappa shape index (κ2) is 5.88. The number of aliphatic carboxylic acids is 1. The quantitative estimate of drug-likeness (QED) is 0.866. The molecule has 120 valence electrons. The summed E-state index contributed by atoms with van der Waals surface area (Å²) < 4.78 is 27.7. The Morgan fingerprint density at radius 3 is 2.43 bits per heavy atom. The Hall–Kier alpha value is -0.620. The van der Waals surface area contributed by atoms with Crippen molar-refractivity contribution in [1.29, 1.82) is 0 Å². The normalized spacial score (nSPS) is 38.1. The number of piperidine rings is 1. The molecule has 0 aromatic rings. The van der Waals surface area contributed by atoms with Gasteiger partial charge < -0.3 is 5.11 Å². The molecular formula is C15H25NO4S. The van der Waals surface area contributed by atoms with Gasteiger partial charge in [-0.1, -0.05) is 19.3 Å². The van der Waals surface area contributed by atoms with Crippen molar-refractivity contribution in [2.24, 2.45) is 11.8 Å². The van der Waals surface area contributed by atoms with Gasteiger partial charge in [0.2, 0.25) is 10.0 Å². The van der Waals surface area contributed by atoms with Gasteiger partial charge in [-0.3, -0.25) is 4.79 Å². The number of hydrogen-bond acceptors (Lipinski definition) is 3. The topological polar surface area (TPSA) is 74.7 Å². The second-order valence-corrected chi connectivity index (χ2v) is 8.93. The third-order valence-electron chi connectivity index (χ3n) is 5.67. The molecule has 2 unspecified atom stereocenters. The van der Waals surface area contributed by atoms with Crippen LogP contribution in [0.3, 0.4) is 0 Å². The number of fused-ring (bicyclic) bond motifs is 1. The van der Waals surface area contributed by atoms with Crippen molar-refractivity contribution in [1.82, 2.24) is 4.31 Å². The van der Waals surface area contributed by atoms with Crippen LogP contribution in [0.1, 0.15) is 57.8 Å². The third-order valence-corrected chi connectivity index (χ3v) is 8.11. The minimum absolute atomic E-state index is 0.132. The van der Waals surface area contributed by atoms with Gasteiger partial charge in [0.05, 0.1) is 11.2 Å². The molecule has 0 aromatic heterocycles. The molecule has 6 heteroatoms. The maximum absolute atomic E-state index is 13.0. The number of hydrogen-bond donors (Lipinski definition) is 1. The zero-order valence-corrected chi connectivity index (χ0v) is 13.2. The first-order chi connectivity index (χ1) is 10.0. The number of carbonyl (C=O) groups is 1. The molecule has 4 atom stereocenters. The number of sulfonamides is 1. The fourth-order valence-electron chi connectivity index (χ4n) is 4.63. The number of nitrogens with zero attached hydrogens (tertiary/aromatic N) is 1. The van der Waals surface area contributed by atoms with E-state index in [-0.39, 0.29) is 6.04 Å². The summed E-state index contributed by atoms with van der Waals surface area (Å²) in [6.07, 6.45) is 8.15. The van der Waals surface area contributed by atoms with Crippen molar-refractivity contribution in [3.05, 3.63) is 0 Å². The van der Waals surface area contributed by atoms with Gasteiger partial charge in [0, 0.05) is 12.6 Å². The van der Waals surface area contributed by atoms with E-state index >= 15 is 0 Å². The Balaban J connectivity index is 1.84. The summed E-state index contributed by atoms with van der Waals surface area (Å²) in [7, 11) is -3.47. The van der Waals surface area contributed by atoms with Gasteiger partial charge in [0.25, 0.3) is 0 Å². The standard InChI is InChI=1S/C15H25NO4S/c17-15(18)12-7-3-9-14(12)21(19,20)16-10-4-6-11-5-1-2-8-13(11)16/h11-14H,1-10H2,(H,17,18)/t11-,12?,13-,14?/m1/s1. The zero-order chi connectivity index (χ0) is 15.0. The van der Waals surface area contributed by atoms with Gasteiger partial charge in [-0.15, -0.1) is 0 Å². The van der Waals surface area contributed by atoms with Crippen molar-refractivity contribution < 1.29 is 18.3 Å². The maximum atomic E-state index is 13.0. The molecule has 3 aliphatic rings. The van der Waals surface area contributed by atoms with Crippen molar-refractivity contribution in [2.75, 3.05) is 6.54 Å². The van der Waals surface area contributed by atoms with Gasteiger partial charge in [-0.05, 0) is 44.4 Å². The average Bonchev–Trinajstić information content (AvgIpc) is 2.97. The van der Waals surface area contributed by atoms with Crippen molar-refractivity contribution in [3.8, 4) is 0 Å². The second-order valence-electron chi connectivity index (χ2n) is 6.82. The highest BCUT2D eigenvalue weighted by atomic mass is 32.2. The van der Waals surface area contributed by atoms with Crippen molar-refractivity contribution in [3.63, 3.8) is 0 Å². The van der Waals surface area contributed by atoms with E-state index in [2.05, 4.69) is 0 Å². The highest BCUT2D eigenvalue weighted by molar-refractivity contribution is 7.89. The largest absolute Gasteiger partial charge is 0.481 e. The molecule has 0 radical (unpaired) electrons. The Morgan fingerprint density at radius 2 is 1.67 bits per heavy atom. The van der Waals surface area contributed by atoms with E-state index < -0.39 is 27.2 Å². The van der Waals surface area contributed by atoms with E-state index in [9.17, 15) is 18.3 Å². The van der Waals surface area contributed by atoms with Gasteiger partial charge in [0.1, 0.15) is 0 Å². The zero-order valence-electron chi connectivity index (χ0n) is 12.4. The van der Waals surface area contributed by atoms with Gasteiger partial charge in [0.15, 0.2) is 0 Å². The fraction of sp³-hybridized carbons (Fsp3) is 0.933. The maximum Gasteiger partial charge on any atom is 0.307 e. The molecule has 1 heterocycles. The van der Waals surface area contributed by atoms with Crippen LogP contribution < -0.4 is 0 Å². The monoisotopic (exact) mass is 315 g/mol. The predicted octanol–water partition coefficient (Wildman–Crippen LogP) is 2.22. The van der Waals surface area contributed by atoms with Crippen LogP contribution in [0.5, 0.6) is 0 Å². The lowest BCUT2D eigenvalue weighted by molar-refractivity contribution is -0.141. The van der Waals surface area contributed by atoms with Crippen LogP contribution in [0.15, 0.2) is 0 Å². The highest BCUT2D eigenvalue weighted by Crippen LogP contribution is 2.40. The molecular weight excluding hydrogens is 290 g/mol. The molecule has 2 aliphatic carbocycles. The first kappa shape index (κ1) is 15.3. The van der Waals surface area contributed by atoms with Crippen LogP contribution in [-0.2, 0) is 14.8 Å². The molecule has 3 fully saturated rings. The molecule has 0 spiro atoms. The van der Waals surface area contributed by atoms with E-state index in [1.165, 1.54) is 6.42 Å². The Morgan fingerprint density at radius 1 is 0.952 bits per heavy atom. The van der Waals surface area contributed by atoms with Crippen LogP contribution in [0.25, 0.3) is 0 Å². The fourth-order valence-corrected chi connectivity index (χ4v) is 7.15. The Kier molecular flexibility index (Phi) is 4.28. The molecule has 1 aliphatic heterocycles. The van der Waals surface area contributed by atoms with Crippen LogP contribution in [0.2, 0.25) is 0 Å². The van der Waals surface area contributed by atoms with Crippen LogP contribution >= 0.6 is 0 Å². The van der Waals surface area contributed by atoms with Gasteiger partial charge in [-0.25, -0.2) is 8.42 Å². The first-order valence-electron chi connectivity index (χ1n) is 8.25. The SMILES string of the molecule is O=C(O)C1CCCC1S(=O)(=O)N1CCC[C@H]2CCCC[C@H]21. The van der Waals surface area contributed by atoms with Gasteiger partial charge in [-0.2, -0.15) is 4.31 Å². The smallest absolute Gasteiger partial charge is 0.307 e. The number of rotatable bonds is 3. The van der Waals surface area contributed by atoms with Crippen molar-refractivity contribution >= 4 is 16.0 Å². The van der Waals surface area contributed by atoms with Crippen LogP contribution in [0, 0.1) is 11.8 Å². The molecule has 2 saturated carbocycles. The van der Waals surface area contributed by atoms with E-state index in [0.29, 0.717) is 31.7 Å². The first-order valence-corrected chi connectivity index (χ1v) is 9.75. The minimum atomic E-state index is -3.47. The Bertz CT molecular complexity index is 502. The summed E-state index contributed by atoms with van der Waals surface area (Å²) in [4.78, 5) is 11.3. The molecule has 21 heavy (non-hydrogen) atoms. The van der Waals surface area contributed by atoms with E-state index in [0.717, 1.165) is 32.1 Å². The summed E-state index contributed by atoms with van der Waals surface area (Å²) in [5, 5.41) is 8.60. The summed E-state index contributed by atoms with van der Waals surface area (Å²) in [6, 6.07) is 0.132. The minimum Gasteiger partial charge on any atom is -0.481 e. The lowest BCUT2D eigenvalue weighted by Gasteiger charge is -2.44. The predicted molar refractivity (Wildman–Crippen MR) is 79.4 cm³/mol. The molecule has 0 aromatic carbocycles. The molecule has 0 amide bonds. The lowest BCUT2D eigenvalue weighted by Crippen LogP contribution is -2.53. The molecule has 1 saturated heterocycles. The Labute approximate surface area is 126 Å². The molecule has 0 bridgehead atoms. The van der Waals surface area contributed by atoms with E-state index in [4.69, 9.17) is 0 Å². The average molecular weight is 315 g/mol. The molecule has 1 N–H and O–H groups in total. The van der Waals surface area contributed by atoms with Crippen LogP contribution in [-0.4, -0.2) is 41.6 Å². The van der Waals surface area contributed by atoms with E-state index in [1.807, 2.05) is 0 Å². The third kappa shape index (κ3) is 2.72. The lowest BCUT2D eigenvalue weighted by atomic mass is 9.79. The molecule has 5 nitrogen and oxygen atoms in total. The number of carboxylic acid groups (broad SMARTS) is 1. The van der Waals surface area contributed by atoms with Gasteiger partial charge >= 0.3 is 5.97 Å². The summed E-state index contributed by atoms with van der Waals surface area (Å²) in [6.45, 7) is 0.590. The summed E-state index contributed by atoms with van der Waals surface area (Å²) in [5.41, 5.74) is 0. The van der Waals surface area contributed by atoms with Crippen molar-refractivity contribution in [2.45, 2.75) is 69.1 Å². The number of carboxylic acids is 1. The molecule has 3 rings (SSSR count). The summed E-state index contributed by atoms with van der Waals surface area (Å²) >= 11 is 0. The van der Waals surface area contributed by atoms with E-state index in [1.54, 1.807) is 4.31 Å². The highest BCUT2D eigenvalue weighted by Gasteiger charge is 2.48.